The van der Waals surface area contributed by atoms with E-state index in [1.807, 2.05) is 6.07 Å². The first-order valence-electron chi connectivity index (χ1n) is 5.22. The van der Waals surface area contributed by atoms with Crippen molar-refractivity contribution in [2.24, 2.45) is 5.73 Å². The number of benzene rings is 1. The summed E-state index contributed by atoms with van der Waals surface area (Å²) in [7, 11) is 3.15. The van der Waals surface area contributed by atoms with Gasteiger partial charge in [0.25, 0.3) is 0 Å². The van der Waals surface area contributed by atoms with E-state index in [-0.39, 0.29) is 5.78 Å². The number of hydrogen-bond acceptors (Lipinski definition) is 4. The summed E-state index contributed by atoms with van der Waals surface area (Å²) >= 11 is 0. The average Bonchev–Trinajstić information content (AvgIpc) is 2.32. The Morgan fingerprint density at radius 1 is 1.25 bits per heavy atom. The lowest BCUT2D eigenvalue weighted by Gasteiger charge is -2.23. The van der Waals surface area contributed by atoms with Gasteiger partial charge in [0.15, 0.2) is 5.78 Å². The minimum atomic E-state index is -0.423. The van der Waals surface area contributed by atoms with Crippen LogP contribution in [0, 0.1) is 0 Å². The zero-order valence-electron chi connectivity index (χ0n) is 9.45. The van der Waals surface area contributed by atoms with Crippen molar-refractivity contribution in [3.63, 3.8) is 0 Å². The van der Waals surface area contributed by atoms with Gasteiger partial charge in [-0.3, -0.25) is 4.79 Å². The van der Waals surface area contributed by atoms with Crippen LogP contribution in [0.4, 0.5) is 0 Å². The van der Waals surface area contributed by atoms with Gasteiger partial charge in [-0.1, -0.05) is 0 Å². The third-order valence-corrected chi connectivity index (χ3v) is 2.96. The molecule has 0 fully saturated rings. The van der Waals surface area contributed by atoms with E-state index in [2.05, 4.69) is 0 Å². The first-order valence-corrected chi connectivity index (χ1v) is 5.22. The summed E-state index contributed by atoms with van der Waals surface area (Å²) in [5.74, 6) is 1.25. The van der Waals surface area contributed by atoms with Gasteiger partial charge in [-0.15, -0.1) is 0 Å². The van der Waals surface area contributed by atoms with Gasteiger partial charge in [-0.25, -0.2) is 0 Å². The molecule has 16 heavy (non-hydrogen) atoms. The lowest BCUT2D eigenvalue weighted by atomic mass is 9.86. The monoisotopic (exact) mass is 221 g/mol. The summed E-state index contributed by atoms with van der Waals surface area (Å²) < 4.78 is 10.4. The van der Waals surface area contributed by atoms with Crippen molar-refractivity contribution in [2.75, 3.05) is 14.2 Å². The van der Waals surface area contributed by atoms with Gasteiger partial charge in [0.2, 0.25) is 0 Å². The highest BCUT2D eigenvalue weighted by atomic mass is 16.5. The van der Waals surface area contributed by atoms with Crippen LogP contribution in [-0.2, 0) is 6.42 Å². The second-order valence-corrected chi connectivity index (χ2v) is 3.83. The highest BCUT2D eigenvalue weighted by Crippen LogP contribution is 2.35. The fourth-order valence-corrected chi connectivity index (χ4v) is 2.10. The molecule has 0 saturated heterocycles. The number of hydrogen-bond donors (Lipinski definition) is 1. The molecule has 0 amide bonds. The van der Waals surface area contributed by atoms with E-state index in [1.54, 1.807) is 20.3 Å². The zero-order valence-corrected chi connectivity index (χ0v) is 9.45. The third kappa shape index (κ3) is 1.55. The van der Waals surface area contributed by atoms with Gasteiger partial charge in [-0.2, -0.15) is 0 Å². The second-order valence-electron chi connectivity index (χ2n) is 3.83. The highest BCUT2D eigenvalue weighted by molar-refractivity contribution is 6.05. The molecular weight excluding hydrogens is 206 g/mol. The quantitative estimate of drug-likeness (QED) is 0.814. The molecule has 1 aliphatic rings. The predicted molar refractivity (Wildman–Crippen MR) is 60.2 cm³/mol. The summed E-state index contributed by atoms with van der Waals surface area (Å²) in [4.78, 5) is 12.0. The summed E-state index contributed by atoms with van der Waals surface area (Å²) in [5.41, 5.74) is 7.26. The lowest BCUT2D eigenvalue weighted by molar-refractivity contribution is 0.0944. The minimum absolute atomic E-state index is 0.0583. The van der Waals surface area contributed by atoms with Crippen LogP contribution in [0.1, 0.15) is 22.3 Å². The molecule has 0 radical (unpaired) electrons. The molecule has 1 atom stereocenters. The molecule has 0 bridgehead atoms. The maximum absolute atomic E-state index is 12.0. The van der Waals surface area contributed by atoms with Gasteiger partial charge in [0, 0.05) is 5.56 Å². The SMILES string of the molecule is COc1ccc(OC)c2c1CCC(N)C2=O. The maximum Gasteiger partial charge on any atom is 0.183 e. The van der Waals surface area contributed by atoms with E-state index in [0.29, 0.717) is 17.7 Å². The van der Waals surface area contributed by atoms with Crippen LogP contribution in [0.25, 0.3) is 0 Å². The molecule has 2 N–H and O–H groups in total. The molecule has 4 nitrogen and oxygen atoms in total. The molecule has 86 valence electrons. The van der Waals surface area contributed by atoms with Gasteiger partial charge < -0.3 is 15.2 Å². The second kappa shape index (κ2) is 4.14. The number of fused-ring (bicyclic) bond motifs is 1. The number of carbonyl (C=O) groups excluding carboxylic acids is 1. The van der Waals surface area contributed by atoms with E-state index >= 15 is 0 Å². The molecule has 1 unspecified atom stereocenters. The van der Waals surface area contributed by atoms with E-state index in [0.717, 1.165) is 17.7 Å². The van der Waals surface area contributed by atoms with Crippen LogP contribution in [0.5, 0.6) is 11.5 Å². The Labute approximate surface area is 94.3 Å². The van der Waals surface area contributed by atoms with Gasteiger partial charge >= 0.3 is 0 Å². The normalized spacial score (nSPS) is 19.2. The van der Waals surface area contributed by atoms with Crippen LogP contribution >= 0.6 is 0 Å². The van der Waals surface area contributed by atoms with Crippen molar-refractivity contribution in [1.82, 2.24) is 0 Å². The number of nitrogens with two attached hydrogens (primary N) is 1. The molecule has 1 aliphatic carbocycles. The Balaban J connectivity index is 2.61. The minimum Gasteiger partial charge on any atom is -0.496 e. The predicted octanol–water partition coefficient (Wildman–Crippen LogP) is 1.16. The summed E-state index contributed by atoms with van der Waals surface area (Å²) in [6, 6.07) is 3.14. The van der Waals surface area contributed by atoms with Crippen LogP contribution < -0.4 is 15.2 Å². The van der Waals surface area contributed by atoms with Crippen molar-refractivity contribution < 1.29 is 14.3 Å². The first kappa shape index (κ1) is 11.0. The zero-order chi connectivity index (χ0) is 11.7. The topological polar surface area (TPSA) is 61.6 Å². The van der Waals surface area contributed by atoms with Gasteiger partial charge in [0.1, 0.15) is 11.5 Å². The highest BCUT2D eigenvalue weighted by Gasteiger charge is 2.29. The van der Waals surface area contributed by atoms with Crippen LogP contribution in [0.15, 0.2) is 12.1 Å². The molecular formula is C12H15NO3. The molecule has 1 aromatic carbocycles. The number of carbonyl (C=O) groups is 1. The van der Waals surface area contributed by atoms with E-state index < -0.39 is 6.04 Å². The molecule has 0 aliphatic heterocycles. The smallest absolute Gasteiger partial charge is 0.183 e. The fourth-order valence-electron chi connectivity index (χ4n) is 2.10. The average molecular weight is 221 g/mol. The van der Waals surface area contributed by atoms with Crippen LogP contribution in [-0.4, -0.2) is 26.0 Å². The molecule has 0 aromatic heterocycles. The van der Waals surface area contributed by atoms with Crippen LogP contribution in [0.3, 0.4) is 0 Å². The van der Waals surface area contributed by atoms with Crippen molar-refractivity contribution in [3.8, 4) is 11.5 Å². The first-order chi connectivity index (χ1) is 7.69. The Hall–Kier alpha value is -1.55. The Morgan fingerprint density at radius 2 is 1.88 bits per heavy atom. The maximum atomic E-state index is 12.0. The Bertz CT molecular complexity index is 429. The summed E-state index contributed by atoms with van der Waals surface area (Å²) in [6.45, 7) is 0. The Morgan fingerprint density at radius 3 is 2.50 bits per heavy atom. The van der Waals surface area contributed by atoms with Crippen molar-refractivity contribution in [1.29, 1.82) is 0 Å². The van der Waals surface area contributed by atoms with Gasteiger partial charge in [0.05, 0.1) is 25.8 Å². The van der Waals surface area contributed by atoms with Crippen molar-refractivity contribution >= 4 is 5.78 Å². The van der Waals surface area contributed by atoms with E-state index in [1.165, 1.54) is 0 Å². The number of rotatable bonds is 2. The molecule has 0 heterocycles. The van der Waals surface area contributed by atoms with Crippen LogP contribution in [0.2, 0.25) is 0 Å². The van der Waals surface area contributed by atoms with Crippen molar-refractivity contribution in [2.45, 2.75) is 18.9 Å². The molecule has 2 rings (SSSR count). The van der Waals surface area contributed by atoms with Crippen molar-refractivity contribution in [3.05, 3.63) is 23.3 Å². The fraction of sp³-hybridized carbons (Fsp3) is 0.417. The van der Waals surface area contributed by atoms with E-state index in [9.17, 15) is 4.79 Å². The summed E-state index contributed by atoms with van der Waals surface area (Å²) in [5, 5.41) is 0. The lowest BCUT2D eigenvalue weighted by Crippen LogP contribution is -2.35. The number of methoxy groups -OCH3 is 2. The molecule has 0 saturated carbocycles. The van der Waals surface area contributed by atoms with Gasteiger partial charge in [-0.05, 0) is 25.0 Å². The summed E-state index contributed by atoms with van der Waals surface area (Å²) in [6.07, 6.45) is 1.41. The number of ketones is 1. The number of Topliss-reactive ketones (excluding diaryl/α,β-unsaturated/α-hetero) is 1. The standard InChI is InChI=1S/C12H15NO3/c1-15-9-5-6-10(16-2)11-7(9)3-4-8(13)12(11)14/h5-6,8H,3-4,13H2,1-2H3. The molecule has 0 spiro atoms. The largest absolute Gasteiger partial charge is 0.496 e. The third-order valence-electron chi connectivity index (χ3n) is 2.96. The molecule has 1 aromatic rings. The number of ether oxygens (including phenoxy) is 2. The molecule has 4 heteroatoms. The Kier molecular flexibility index (Phi) is 2.83. The van der Waals surface area contributed by atoms with E-state index in [4.69, 9.17) is 15.2 Å².